The average molecular weight is 297 g/mol. The van der Waals surface area contributed by atoms with Gasteiger partial charge in [-0.25, -0.2) is 0 Å². The number of hydrogen-bond donors (Lipinski definition) is 1. The van der Waals surface area contributed by atoms with Gasteiger partial charge in [0.1, 0.15) is 6.54 Å². The minimum absolute atomic E-state index is 0.0610. The van der Waals surface area contributed by atoms with E-state index in [4.69, 9.17) is 4.74 Å². The van der Waals surface area contributed by atoms with E-state index in [9.17, 15) is 19.5 Å². The molecule has 0 spiro atoms. The fraction of sp³-hybridized carbons (Fsp3) is 0.800. The van der Waals surface area contributed by atoms with Crippen molar-refractivity contribution < 1.29 is 24.2 Å². The third-order valence-electron chi connectivity index (χ3n) is 4.31. The maximum absolute atomic E-state index is 12.7. The molecule has 6 heteroatoms. The predicted molar refractivity (Wildman–Crippen MR) is 74.4 cm³/mol. The van der Waals surface area contributed by atoms with Gasteiger partial charge in [0.15, 0.2) is 0 Å². The number of rotatable bonds is 6. The standard InChI is InChI=1S/C15H23NO5/c1-3-21-13(17)8-16(10-4-5-10)14(18)11-6-9(2)7-12(11)15(19)20/h9-12H,3-8H2,1-2H3,(H,19,20)/t9?,11-,12+/m0/s1. The van der Waals surface area contributed by atoms with Gasteiger partial charge in [-0.1, -0.05) is 6.92 Å². The Labute approximate surface area is 124 Å². The van der Waals surface area contributed by atoms with Gasteiger partial charge in [-0.3, -0.25) is 14.4 Å². The molecule has 1 amide bonds. The number of aliphatic carboxylic acids is 1. The Morgan fingerprint density at radius 2 is 1.81 bits per heavy atom. The second-order valence-corrected chi connectivity index (χ2v) is 6.13. The van der Waals surface area contributed by atoms with Crippen LogP contribution in [-0.4, -0.2) is 47.0 Å². The summed E-state index contributed by atoms with van der Waals surface area (Å²) in [5.41, 5.74) is 0. The van der Waals surface area contributed by atoms with Crippen LogP contribution < -0.4 is 0 Å². The SMILES string of the molecule is CCOC(=O)CN(C(=O)[C@H]1CC(C)C[C@H]1C(=O)O)C1CC1. The third kappa shape index (κ3) is 3.74. The van der Waals surface area contributed by atoms with Crippen LogP contribution in [0.25, 0.3) is 0 Å². The first kappa shape index (κ1) is 15.8. The zero-order valence-electron chi connectivity index (χ0n) is 12.6. The van der Waals surface area contributed by atoms with E-state index in [2.05, 4.69) is 0 Å². The van der Waals surface area contributed by atoms with Crippen LogP contribution in [0.15, 0.2) is 0 Å². The summed E-state index contributed by atoms with van der Waals surface area (Å²) < 4.78 is 4.91. The van der Waals surface area contributed by atoms with Crippen LogP contribution in [0.3, 0.4) is 0 Å². The lowest BCUT2D eigenvalue weighted by Crippen LogP contribution is -2.43. The summed E-state index contributed by atoms with van der Waals surface area (Å²) >= 11 is 0. The summed E-state index contributed by atoms with van der Waals surface area (Å²) in [5.74, 6) is -2.44. The molecular formula is C15H23NO5. The molecule has 0 aromatic rings. The molecule has 0 saturated heterocycles. The van der Waals surface area contributed by atoms with E-state index < -0.39 is 23.8 Å². The van der Waals surface area contributed by atoms with Gasteiger partial charge in [-0.05, 0) is 38.5 Å². The van der Waals surface area contributed by atoms with Gasteiger partial charge in [0.25, 0.3) is 0 Å². The molecule has 2 aliphatic carbocycles. The van der Waals surface area contributed by atoms with Gasteiger partial charge in [-0.2, -0.15) is 0 Å². The molecule has 0 bridgehead atoms. The number of hydrogen-bond acceptors (Lipinski definition) is 4. The maximum Gasteiger partial charge on any atom is 0.325 e. The Morgan fingerprint density at radius 1 is 1.19 bits per heavy atom. The summed E-state index contributed by atoms with van der Waals surface area (Å²) in [7, 11) is 0. The highest BCUT2D eigenvalue weighted by Crippen LogP contribution is 2.39. The van der Waals surface area contributed by atoms with E-state index in [0.717, 1.165) is 12.8 Å². The van der Waals surface area contributed by atoms with Crippen LogP contribution in [0.2, 0.25) is 0 Å². The molecule has 0 radical (unpaired) electrons. The second-order valence-electron chi connectivity index (χ2n) is 6.13. The molecule has 2 fully saturated rings. The molecule has 0 aliphatic heterocycles. The number of carboxylic acid groups (broad SMARTS) is 1. The maximum atomic E-state index is 12.7. The van der Waals surface area contributed by atoms with E-state index in [-0.39, 0.29) is 31.0 Å². The topological polar surface area (TPSA) is 83.9 Å². The van der Waals surface area contributed by atoms with Crippen molar-refractivity contribution in [3.05, 3.63) is 0 Å². The summed E-state index contributed by atoms with van der Waals surface area (Å²) in [6.45, 7) is 3.91. The van der Waals surface area contributed by atoms with Crippen molar-refractivity contribution in [2.45, 2.75) is 45.6 Å². The Kier molecular flexibility index (Phi) is 4.85. The lowest BCUT2D eigenvalue weighted by molar-refractivity contribution is -0.153. The van der Waals surface area contributed by atoms with Crippen LogP contribution in [0.4, 0.5) is 0 Å². The van der Waals surface area contributed by atoms with Gasteiger partial charge < -0.3 is 14.7 Å². The van der Waals surface area contributed by atoms with Crippen LogP contribution in [0.1, 0.15) is 39.5 Å². The quantitative estimate of drug-likeness (QED) is 0.747. The largest absolute Gasteiger partial charge is 0.481 e. The summed E-state index contributed by atoms with van der Waals surface area (Å²) in [6.07, 6.45) is 2.88. The van der Waals surface area contributed by atoms with Crippen molar-refractivity contribution in [3.8, 4) is 0 Å². The number of carbonyl (C=O) groups is 3. The summed E-state index contributed by atoms with van der Waals surface area (Å²) in [4.78, 5) is 37.2. The van der Waals surface area contributed by atoms with Gasteiger partial charge in [0.05, 0.1) is 18.4 Å². The monoisotopic (exact) mass is 297 g/mol. The number of carbonyl (C=O) groups excluding carboxylic acids is 2. The highest BCUT2D eigenvalue weighted by molar-refractivity contribution is 5.88. The van der Waals surface area contributed by atoms with Crippen LogP contribution in [0, 0.1) is 17.8 Å². The summed E-state index contributed by atoms with van der Waals surface area (Å²) in [6, 6.07) is 0.0762. The van der Waals surface area contributed by atoms with Crippen LogP contribution in [0.5, 0.6) is 0 Å². The van der Waals surface area contributed by atoms with E-state index in [1.165, 1.54) is 4.90 Å². The molecule has 118 valence electrons. The highest BCUT2D eigenvalue weighted by atomic mass is 16.5. The van der Waals surface area contributed by atoms with Crippen molar-refractivity contribution in [2.24, 2.45) is 17.8 Å². The van der Waals surface area contributed by atoms with Crippen molar-refractivity contribution in [3.63, 3.8) is 0 Å². The Bertz CT molecular complexity index is 432. The van der Waals surface area contributed by atoms with E-state index in [1.807, 2.05) is 6.92 Å². The fourth-order valence-electron chi connectivity index (χ4n) is 3.17. The molecule has 21 heavy (non-hydrogen) atoms. The molecule has 1 N–H and O–H groups in total. The minimum atomic E-state index is -0.912. The zero-order valence-corrected chi connectivity index (χ0v) is 12.6. The van der Waals surface area contributed by atoms with Crippen molar-refractivity contribution in [2.75, 3.05) is 13.2 Å². The molecule has 3 atom stereocenters. The van der Waals surface area contributed by atoms with Crippen LogP contribution >= 0.6 is 0 Å². The molecular weight excluding hydrogens is 274 g/mol. The number of amides is 1. The third-order valence-corrected chi connectivity index (χ3v) is 4.31. The molecule has 0 heterocycles. The molecule has 6 nitrogen and oxygen atoms in total. The van der Waals surface area contributed by atoms with Gasteiger partial charge in [-0.15, -0.1) is 0 Å². The predicted octanol–water partition coefficient (Wildman–Crippen LogP) is 1.29. The number of esters is 1. The van der Waals surface area contributed by atoms with Crippen molar-refractivity contribution in [1.82, 2.24) is 4.90 Å². The number of ether oxygens (including phenoxy) is 1. The van der Waals surface area contributed by atoms with Crippen molar-refractivity contribution in [1.29, 1.82) is 0 Å². The Morgan fingerprint density at radius 3 is 2.33 bits per heavy atom. The normalized spacial score (nSPS) is 28.2. The second kappa shape index (κ2) is 6.45. The molecule has 0 aromatic heterocycles. The minimum Gasteiger partial charge on any atom is -0.481 e. The van der Waals surface area contributed by atoms with Gasteiger partial charge >= 0.3 is 11.9 Å². The van der Waals surface area contributed by atoms with Gasteiger partial charge in [0.2, 0.25) is 5.91 Å². The average Bonchev–Trinajstić information content (AvgIpc) is 3.17. The Hall–Kier alpha value is -1.59. The number of nitrogens with zero attached hydrogens (tertiary/aromatic N) is 1. The first-order chi connectivity index (χ1) is 9.93. The van der Waals surface area contributed by atoms with E-state index in [1.54, 1.807) is 6.92 Å². The Balaban J connectivity index is 2.07. The first-order valence-electron chi connectivity index (χ1n) is 7.62. The number of carboxylic acids is 1. The molecule has 2 rings (SSSR count). The van der Waals surface area contributed by atoms with E-state index in [0.29, 0.717) is 12.8 Å². The molecule has 0 aromatic carbocycles. The lowest BCUT2D eigenvalue weighted by atomic mass is 9.94. The molecule has 1 unspecified atom stereocenters. The van der Waals surface area contributed by atoms with E-state index >= 15 is 0 Å². The summed E-state index contributed by atoms with van der Waals surface area (Å²) in [5, 5.41) is 9.29. The molecule has 2 saturated carbocycles. The molecule has 2 aliphatic rings. The van der Waals surface area contributed by atoms with Gasteiger partial charge in [0, 0.05) is 6.04 Å². The smallest absolute Gasteiger partial charge is 0.325 e. The lowest BCUT2D eigenvalue weighted by Gasteiger charge is -2.26. The highest BCUT2D eigenvalue weighted by Gasteiger charge is 2.45. The van der Waals surface area contributed by atoms with Crippen molar-refractivity contribution >= 4 is 17.8 Å². The zero-order chi connectivity index (χ0) is 15.6. The fourth-order valence-corrected chi connectivity index (χ4v) is 3.17. The van der Waals surface area contributed by atoms with Crippen LogP contribution in [-0.2, 0) is 19.1 Å². The first-order valence-corrected chi connectivity index (χ1v) is 7.62.